The molecule has 2 rings (SSSR count). The van der Waals surface area contributed by atoms with Crippen molar-refractivity contribution < 1.29 is 4.79 Å². The molecule has 7 heteroatoms. The molecule has 0 fully saturated rings. The van der Waals surface area contributed by atoms with E-state index in [9.17, 15) is 4.79 Å². The first-order chi connectivity index (χ1) is 11.3. The normalized spacial score (nSPS) is 12.7. The van der Waals surface area contributed by atoms with Crippen LogP contribution in [0.4, 0.5) is 0 Å². The van der Waals surface area contributed by atoms with Gasteiger partial charge in [0.15, 0.2) is 11.0 Å². The fourth-order valence-electron chi connectivity index (χ4n) is 2.06. The lowest BCUT2D eigenvalue weighted by molar-refractivity contribution is -0.121. The summed E-state index contributed by atoms with van der Waals surface area (Å²) in [6.45, 7) is 12.1. The molecule has 1 atom stereocenters. The zero-order chi connectivity index (χ0) is 17.7. The Hall–Kier alpha value is -2.15. The number of nitrogens with zero attached hydrogens (tertiary/aromatic N) is 4. The van der Waals surface area contributed by atoms with Crippen molar-refractivity contribution in [2.45, 2.75) is 50.2 Å². The number of rotatable bonds is 6. The molecule has 0 aliphatic rings. The van der Waals surface area contributed by atoms with Crippen LogP contribution in [0.3, 0.4) is 0 Å². The topological polar surface area (TPSA) is 72.7 Å². The van der Waals surface area contributed by atoms with Crippen LogP contribution in [0.1, 0.15) is 27.7 Å². The highest BCUT2D eigenvalue weighted by Crippen LogP contribution is 2.26. The van der Waals surface area contributed by atoms with Crippen LogP contribution in [0, 0.1) is 0 Å². The molecule has 0 radical (unpaired) electrons. The second-order valence-electron chi connectivity index (χ2n) is 6.45. The Bertz CT molecular complexity index is 706. The van der Waals surface area contributed by atoms with Gasteiger partial charge in [-0.05, 0) is 39.8 Å². The van der Waals surface area contributed by atoms with Crippen LogP contribution in [0.25, 0.3) is 11.4 Å². The van der Waals surface area contributed by atoms with Crippen molar-refractivity contribution in [1.29, 1.82) is 0 Å². The van der Waals surface area contributed by atoms with Crippen molar-refractivity contribution in [3.63, 3.8) is 0 Å². The molecule has 1 amide bonds. The summed E-state index contributed by atoms with van der Waals surface area (Å²) in [4.78, 5) is 16.4. The number of amides is 1. The summed E-state index contributed by atoms with van der Waals surface area (Å²) in [5.41, 5.74) is 0.618. The summed E-state index contributed by atoms with van der Waals surface area (Å²) < 4.78 is 1.94. The van der Waals surface area contributed by atoms with Crippen molar-refractivity contribution in [3.05, 3.63) is 37.2 Å². The van der Waals surface area contributed by atoms with Gasteiger partial charge < -0.3 is 5.32 Å². The summed E-state index contributed by atoms with van der Waals surface area (Å²) in [5, 5.41) is 11.9. The number of pyridine rings is 1. The SMILES string of the molecule is C=CCn1c(S[C@@H](C)C(=O)NC(C)(C)C)nnc1-c1cccnc1. The molecule has 2 heterocycles. The van der Waals surface area contributed by atoms with E-state index in [1.165, 1.54) is 11.8 Å². The number of carbonyl (C=O) groups excluding carboxylic acids is 1. The minimum Gasteiger partial charge on any atom is -0.351 e. The van der Waals surface area contributed by atoms with E-state index in [1.807, 2.05) is 44.4 Å². The van der Waals surface area contributed by atoms with Crippen LogP contribution in [0.2, 0.25) is 0 Å². The summed E-state index contributed by atoms with van der Waals surface area (Å²) in [6, 6.07) is 3.79. The second kappa shape index (κ2) is 7.61. The van der Waals surface area contributed by atoms with Gasteiger partial charge >= 0.3 is 0 Å². The van der Waals surface area contributed by atoms with E-state index >= 15 is 0 Å². The number of thioether (sulfide) groups is 1. The molecule has 0 unspecified atom stereocenters. The van der Waals surface area contributed by atoms with E-state index < -0.39 is 0 Å². The maximum Gasteiger partial charge on any atom is 0.233 e. The first-order valence-electron chi connectivity index (χ1n) is 7.75. The molecule has 6 nitrogen and oxygen atoms in total. The number of aromatic nitrogens is 4. The van der Waals surface area contributed by atoms with E-state index in [0.29, 0.717) is 17.5 Å². The zero-order valence-electron chi connectivity index (χ0n) is 14.5. The van der Waals surface area contributed by atoms with Crippen LogP contribution >= 0.6 is 11.8 Å². The van der Waals surface area contributed by atoms with Crippen molar-refractivity contribution >= 4 is 17.7 Å². The molecule has 0 spiro atoms. The molecule has 1 N–H and O–H groups in total. The van der Waals surface area contributed by atoms with Gasteiger partial charge in [0.05, 0.1) is 5.25 Å². The van der Waals surface area contributed by atoms with Gasteiger partial charge in [-0.2, -0.15) is 0 Å². The first kappa shape index (κ1) is 18.2. The minimum atomic E-state index is -0.279. The third-order valence-corrected chi connectivity index (χ3v) is 4.18. The zero-order valence-corrected chi connectivity index (χ0v) is 15.3. The summed E-state index contributed by atoms with van der Waals surface area (Å²) in [7, 11) is 0. The molecule has 2 aromatic heterocycles. The average molecular weight is 345 g/mol. The van der Waals surface area contributed by atoms with E-state index in [4.69, 9.17) is 0 Å². The lowest BCUT2D eigenvalue weighted by Crippen LogP contribution is -2.44. The number of nitrogens with one attached hydrogen (secondary N) is 1. The van der Waals surface area contributed by atoms with Gasteiger partial charge in [-0.1, -0.05) is 17.8 Å². The molecular formula is C17H23N5OS. The van der Waals surface area contributed by atoms with Crippen LogP contribution in [0.15, 0.2) is 42.3 Å². The molecular weight excluding hydrogens is 322 g/mol. The predicted octanol–water partition coefficient (Wildman–Crippen LogP) is 2.92. The highest BCUT2D eigenvalue weighted by atomic mass is 32.2. The molecule has 0 aliphatic heterocycles. The third-order valence-electron chi connectivity index (χ3n) is 3.10. The van der Waals surface area contributed by atoms with Crippen LogP contribution < -0.4 is 5.32 Å². The fourth-order valence-corrected chi connectivity index (χ4v) is 2.92. The van der Waals surface area contributed by atoms with E-state index in [1.54, 1.807) is 18.5 Å². The average Bonchev–Trinajstić information content (AvgIpc) is 2.90. The minimum absolute atomic E-state index is 0.0245. The fraction of sp³-hybridized carbons (Fsp3) is 0.412. The van der Waals surface area contributed by atoms with Gasteiger partial charge in [0.1, 0.15) is 0 Å². The molecule has 24 heavy (non-hydrogen) atoms. The number of carbonyl (C=O) groups is 1. The second-order valence-corrected chi connectivity index (χ2v) is 7.75. The van der Waals surface area contributed by atoms with Gasteiger partial charge in [-0.3, -0.25) is 14.3 Å². The van der Waals surface area contributed by atoms with Crippen molar-refractivity contribution in [2.24, 2.45) is 0 Å². The smallest absolute Gasteiger partial charge is 0.233 e. The largest absolute Gasteiger partial charge is 0.351 e. The van der Waals surface area contributed by atoms with E-state index in [0.717, 1.165) is 5.56 Å². The Morgan fingerprint density at radius 3 is 2.79 bits per heavy atom. The molecule has 128 valence electrons. The Morgan fingerprint density at radius 2 is 2.21 bits per heavy atom. The van der Waals surface area contributed by atoms with Crippen molar-refractivity contribution in [1.82, 2.24) is 25.1 Å². The number of hydrogen-bond acceptors (Lipinski definition) is 5. The monoisotopic (exact) mass is 345 g/mol. The number of allylic oxidation sites excluding steroid dienone is 1. The van der Waals surface area contributed by atoms with Gasteiger partial charge in [0.25, 0.3) is 0 Å². The van der Waals surface area contributed by atoms with Crippen molar-refractivity contribution in [3.8, 4) is 11.4 Å². The van der Waals surface area contributed by atoms with E-state index in [-0.39, 0.29) is 16.7 Å². The molecule has 0 aromatic carbocycles. The third kappa shape index (κ3) is 4.67. The first-order valence-corrected chi connectivity index (χ1v) is 8.63. The van der Waals surface area contributed by atoms with Crippen molar-refractivity contribution in [2.75, 3.05) is 0 Å². The molecule has 2 aromatic rings. The summed E-state index contributed by atoms with van der Waals surface area (Å²) >= 11 is 1.38. The maximum absolute atomic E-state index is 12.3. The Morgan fingerprint density at radius 1 is 1.46 bits per heavy atom. The quantitative estimate of drug-likeness (QED) is 0.644. The molecule has 0 aliphatic carbocycles. The Labute approximate surface area is 146 Å². The molecule has 0 saturated heterocycles. The lowest BCUT2D eigenvalue weighted by Gasteiger charge is -2.22. The van der Waals surface area contributed by atoms with Crippen LogP contribution in [-0.2, 0) is 11.3 Å². The summed E-state index contributed by atoms with van der Waals surface area (Å²) in [5.74, 6) is 0.692. The van der Waals surface area contributed by atoms with Gasteiger partial charge in [-0.25, -0.2) is 0 Å². The summed E-state index contributed by atoms with van der Waals surface area (Å²) in [6.07, 6.45) is 5.24. The van der Waals surface area contributed by atoms with Gasteiger partial charge in [0, 0.05) is 30.0 Å². The Kier molecular flexibility index (Phi) is 5.77. The number of hydrogen-bond donors (Lipinski definition) is 1. The maximum atomic E-state index is 12.3. The predicted molar refractivity (Wildman–Crippen MR) is 96.7 cm³/mol. The van der Waals surface area contributed by atoms with Crippen LogP contribution in [0.5, 0.6) is 0 Å². The highest BCUT2D eigenvalue weighted by Gasteiger charge is 2.23. The molecule has 0 saturated carbocycles. The van der Waals surface area contributed by atoms with Gasteiger partial charge in [-0.15, -0.1) is 16.8 Å². The lowest BCUT2D eigenvalue weighted by atomic mass is 10.1. The standard InChI is InChI=1S/C17H23N5OS/c1-6-10-22-14(13-8-7-9-18-11-13)20-21-16(22)24-12(2)15(23)19-17(3,4)5/h6-9,11-12H,1,10H2,2-5H3,(H,19,23)/t12-/m0/s1. The van der Waals surface area contributed by atoms with Crippen LogP contribution in [-0.4, -0.2) is 36.4 Å². The van der Waals surface area contributed by atoms with E-state index in [2.05, 4.69) is 27.1 Å². The highest BCUT2D eigenvalue weighted by molar-refractivity contribution is 8.00. The molecule has 0 bridgehead atoms. The Balaban J connectivity index is 2.23. The van der Waals surface area contributed by atoms with Gasteiger partial charge in [0.2, 0.25) is 5.91 Å².